The van der Waals surface area contributed by atoms with Crippen LogP contribution in [0.1, 0.15) is 18.4 Å². The van der Waals surface area contributed by atoms with Gasteiger partial charge in [0.15, 0.2) is 0 Å². The van der Waals surface area contributed by atoms with E-state index < -0.39 is 0 Å². The Labute approximate surface area is 160 Å². The van der Waals surface area contributed by atoms with Gasteiger partial charge in [-0.05, 0) is 41.0 Å². The molecule has 1 nitrogen and oxygen atoms in total. The van der Waals surface area contributed by atoms with Crippen LogP contribution in [0.25, 0.3) is 13.2 Å². The van der Waals surface area contributed by atoms with E-state index in [1.165, 1.54) is 0 Å². The van der Waals surface area contributed by atoms with Crippen LogP contribution in [-0.2, 0) is 0 Å². The zero-order valence-electron chi connectivity index (χ0n) is 15.1. The Morgan fingerprint density at radius 1 is 0.846 bits per heavy atom. The minimum absolute atomic E-state index is 0.743. The fraction of sp³-hybridized carbons (Fsp3) is 0.125. The van der Waals surface area contributed by atoms with Crippen molar-refractivity contribution < 1.29 is 0 Å². The molecule has 0 aliphatic carbocycles. The zero-order chi connectivity index (χ0) is 18.6. The molecule has 1 aromatic carbocycles. The van der Waals surface area contributed by atoms with Crippen molar-refractivity contribution in [1.82, 2.24) is 0 Å². The summed E-state index contributed by atoms with van der Waals surface area (Å²) in [6, 6.07) is 14.0. The van der Waals surface area contributed by atoms with E-state index in [1.807, 2.05) is 48.7 Å². The van der Waals surface area contributed by atoms with E-state index in [0.29, 0.717) is 0 Å². The van der Waals surface area contributed by atoms with Crippen molar-refractivity contribution in [3.8, 4) is 0 Å². The fourth-order valence-corrected chi connectivity index (χ4v) is 2.98. The van der Waals surface area contributed by atoms with E-state index in [9.17, 15) is 0 Å². The molecule has 2 heteroatoms. The van der Waals surface area contributed by atoms with Crippen molar-refractivity contribution in [2.75, 3.05) is 5.75 Å². The third kappa shape index (κ3) is 7.54. The summed E-state index contributed by atoms with van der Waals surface area (Å²) in [5, 5.41) is 1.88. The van der Waals surface area contributed by atoms with Crippen LogP contribution in [0.4, 0.5) is 0 Å². The quantitative estimate of drug-likeness (QED) is 0.680. The highest BCUT2D eigenvalue weighted by Gasteiger charge is 2.03. The third-order valence-corrected chi connectivity index (χ3v) is 4.57. The van der Waals surface area contributed by atoms with Gasteiger partial charge < -0.3 is 0 Å². The van der Waals surface area contributed by atoms with E-state index >= 15 is 0 Å². The van der Waals surface area contributed by atoms with E-state index in [0.717, 1.165) is 45.2 Å². The maximum atomic E-state index is 4.73. The molecule has 26 heavy (non-hydrogen) atoms. The molecule has 0 atom stereocenters. The first kappa shape index (κ1) is 19.7. The zero-order valence-corrected chi connectivity index (χ0v) is 15.9. The average molecular weight is 360 g/mol. The maximum Gasteiger partial charge on any atom is 0.0578 e. The van der Waals surface area contributed by atoms with Gasteiger partial charge >= 0.3 is 0 Å². The first-order valence-electron chi connectivity index (χ1n) is 8.64. The van der Waals surface area contributed by atoms with Crippen molar-refractivity contribution >= 4 is 30.6 Å². The number of allylic oxidation sites excluding steroid dienone is 5. The molecule has 1 heterocycles. The Morgan fingerprint density at radius 3 is 2.46 bits per heavy atom. The molecule has 2 rings (SSSR count). The number of hydrogen-bond acceptors (Lipinski definition) is 2. The maximum absolute atomic E-state index is 4.73. The Bertz CT molecular complexity index is 902. The highest BCUT2D eigenvalue weighted by atomic mass is 32.2. The molecule has 132 valence electrons. The molecule has 1 aromatic rings. The Morgan fingerprint density at radius 2 is 1.62 bits per heavy atom. The van der Waals surface area contributed by atoms with Gasteiger partial charge in [0.2, 0.25) is 0 Å². The first-order chi connectivity index (χ1) is 12.6. The second kappa shape index (κ2) is 11.1. The highest BCUT2D eigenvalue weighted by Crippen LogP contribution is 2.17. The summed E-state index contributed by atoms with van der Waals surface area (Å²) in [6.07, 6.45) is 14.3. The van der Waals surface area contributed by atoms with Crippen LogP contribution in [0.3, 0.4) is 0 Å². The van der Waals surface area contributed by atoms with Crippen LogP contribution in [0.2, 0.25) is 0 Å². The summed E-state index contributed by atoms with van der Waals surface area (Å²) in [5.41, 5.74) is 2.04. The lowest BCUT2D eigenvalue weighted by Crippen LogP contribution is -2.07. The molecule has 0 bridgehead atoms. The number of hydrogen-bond donors (Lipinski definition) is 0. The topological polar surface area (TPSA) is 12.4 Å². The van der Waals surface area contributed by atoms with E-state index in [1.54, 1.807) is 11.8 Å². The standard InChI is InChI=1S/C24H25NS/c1-20-12-9-10-13-21(2)18-23(16-15-20)24-19-26-22(3)14-8-6-4-5-7-11-17-25-24/h4,6,8-18H,1-3,5,7,19H2/b6-4-,12-9?,13-10?,14-8-,16-15?,17-11-,23-18?,25-24?. The Kier molecular flexibility index (Phi) is 8.44. The molecule has 0 N–H and O–H groups in total. The fourth-order valence-electron chi connectivity index (χ4n) is 2.24. The predicted molar refractivity (Wildman–Crippen MR) is 119 cm³/mol. The third-order valence-electron chi connectivity index (χ3n) is 3.64. The minimum Gasteiger partial charge on any atom is -0.260 e. The molecule has 0 saturated heterocycles. The molecular weight excluding hydrogens is 334 g/mol. The predicted octanol–water partition coefficient (Wildman–Crippen LogP) is 5.09. The van der Waals surface area contributed by atoms with E-state index in [-0.39, 0.29) is 0 Å². The summed E-state index contributed by atoms with van der Waals surface area (Å²) in [6.45, 7) is 12.3. The number of thioether (sulfide) groups is 1. The second-order valence-electron chi connectivity index (χ2n) is 5.88. The van der Waals surface area contributed by atoms with Crippen molar-refractivity contribution in [2.24, 2.45) is 4.99 Å². The normalized spacial score (nSPS) is 18.9. The van der Waals surface area contributed by atoms with E-state index in [4.69, 9.17) is 4.99 Å². The molecule has 0 radical (unpaired) electrons. The van der Waals surface area contributed by atoms with Gasteiger partial charge in [-0.15, -0.1) is 11.8 Å². The van der Waals surface area contributed by atoms with Crippen molar-refractivity contribution in [3.63, 3.8) is 0 Å². The molecule has 0 unspecified atom stereocenters. The average Bonchev–Trinajstić information content (AvgIpc) is 2.64. The Hall–Kier alpha value is -2.58. The molecule has 0 aromatic heterocycles. The number of rotatable bonds is 1. The van der Waals surface area contributed by atoms with Crippen LogP contribution in [0, 0.1) is 0 Å². The lowest BCUT2D eigenvalue weighted by molar-refractivity contribution is 1.05. The number of nitrogens with zero attached hydrogens (tertiary/aromatic N) is 1. The summed E-state index contributed by atoms with van der Waals surface area (Å²) >= 11 is 1.68. The van der Waals surface area contributed by atoms with Crippen LogP contribution in [-0.4, -0.2) is 11.5 Å². The van der Waals surface area contributed by atoms with Crippen molar-refractivity contribution in [2.45, 2.75) is 12.8 Å². The molecule has 0 saturated carbocycles. The highest BCUT2D eigenvalue weighted by molar-refractivity contribution is 8.03. The minimum atomic E-state index is 0.743. The van der Waals surface area contributed by atoms with E-state index in [2.05, 4.69) is 50.1 Å². The Balaban J connectivity index is 2.47. The largest absolute Gasteiger partial charge is 0.260 e. The van der Waals surface area contributed by atoms with Gasteiger partial charge in [-0.2, -0.15) is 0 Å². The van der Waals surface area contributed by atoms with Gasteiger partial charge in [-0.25, -0.2) is 0 Å². The molecule has 0 fully saturated rings. The molecule has 1 aliphatic heterocycles. The van der Waals surface area contributed by atoms with Gasteiger partial charge in [-0.3, -0.25) is 4.99 Å². The van der Waals surface area contributed by atoms with Crippen LogP contribution < -0.4 is 10.4 Å². The SMILES string of the molecule is C=C1/C=C\C=C/CC/C=C\N=C(c2ccc(=C)ccccc(=C)c2)CS1. The number of aliphatic imine (C=N–C) groups is 1. The van der Waals surface area contributed by atoms with Crippen molar-refractivity contribution in [3.05, 3.63) is 107 Å². The lowest BCUT2D eigenvalue weighted by atomic mass is 10.1. The lowest BCUT2D eigenvalue weighted by Gasteiger charge is -2.05. The van der Waals surface area contributed by atoms with Crippen LogP contribution in [0.15, 0.2) is 95.5 Å². The molecular formula is C24H25NS. The smallest absolute Gasteiger partial charge is 0.0578 e. The van der Waals surface area contributed by atoms with Gasteiger partial charge in [0.05, 0.1) is 5.71 Å². The second-order valence-corrected chi connectivity index (χ2v) is 6.98. The monoisotopic (exact) mass is 359 g/mol. The van der Waals surface area contributed by atoms with Crippen molar-refractivity contribution in [1.29, 1.82) is 0 Å². The summed E-state index contributed by atoms with van der Waals surface area (Å²) < 4.78 is 0. The van der Waals surface area contributed by atoms with Crippen LogP contribution in [0.5, 0.6) is 0 Å². The van der Waals surface area contributed by atoms with Gasteiger partial charge in [0.25, 0.3) is 0 Å². The summed E-state index contributed by atoms with van der Waals surface area (Å²) in [7, 11) is 0. The van der Waals surface area contributed by atoms with Gasteiger partial charge in [-0.1, -0.05) is 80.4 Å². The molecule has 0 amide bonds. The first-order valence-corrected chi connectivity index (χ1v) is 9.63. The summed E-state index contributed by atoms with van der Waals surface area (Å²) in [4.78, 5) is 5.74. The van der Waals surface area contributed by atoms with Crippen LogP contribution >= 0.6 is 11.8 Å². The van der Waals surface area contributed by atoms with Gasteiger partial charge in [0, 0.05) is 16.9 Å². The summed E-state index contributed by atoms with van der Waals surface area (Å²) in [5.74, 6) is 0.743. The molecule has 0 spiro atoms. The van der Waals surface area contributed by atoms with Gasteiger partial charge in [0.1, 0.15) is 0 Å². The molecule has 1 aliphatic rings.